The zero-order valence-corrected chi connectivity index (χ0v) is 19.0. The molecular formula is C25H25F2N7O. The van der Waals surface area contributed by atoms with Gasteiger partial charge in [0.05, 0.1) is 0 Å². The maximum absolute atomic E-state index is 15.0. The highest BCUT2D eigenvalue weighted by molar-refractivity contribution is 5.92. The minimum absolute atomic E-state index is 0.00657. The van der Waals surface area contributed by atoms with Crippen molar-refractivity contribution in [3.05, 3.63) is 88.9 Å². The van der Waals surface area contributed by atoms with Crippen LogP contribution in [-0.2, 0) is 6.54 Å². The van der Waals surface area contributed by atoms with Crippen LogP contribution in [0.3, 0.4) is 0 Å². The number of anilines is 3. The predicted octanol–water partition coefficient (Wildman–Crippen LogP) is 5.14. The van der Waals surface area contributed by atoms with Gasteiger partial charge in [0, 0.05) is 42.0 Å². The number of halogens is 2. The molecule has 1 atom stereocenters. The van der Waals surface area contributed by atoms with Crippen LogP contribution in [0.1, 0.15) is 59.0 Å². The van der Waals surface area contributed by atoms with Crippen LogP contribution in [0, 0.1) is 11.6 Å². The van der Waals surface area contributed by atoms with Gasteiger partial charge >= 0.3 is 0 Å². The molecule has 1 amide bonds. The van der Waals surface area contributed by atoms with Gasteiger partial charge in [0.2, 0.25) is 0 Å². The maximum atomic E-state index is 15.0. The number of rotatable bonds is 9. The smallest absolute Gasteiger partial charge is 0.267 e. The molecule has 1 fully saturated rings. The monoisotopic (exact) mass is 477 g/mol. The number of carbonyl (C=O) groups excluding carboxylic acids is 1. The first kappa shape index (κ1) is 22.6. The fraction of sp³-hybridized carbons (Fsp3) is 0.240. The second-order valence-corrected chi connectivity index (χ2v) is 8.62. The lowest BCUT2D eigenvalue weighted by atomic mass is 10.1. The second-order valence-electron chi connectivity index (χ2n) is 8.62. The van der Waals surface area contributed by atoms with Crippen LogP contribution in [0.15, 0.2) is 54.7 Å². The molecule has 1 saturated carbocycles. The zero-order valence-electron chi connectivity index (χ0n) is 19.0. The number of aromatic nitrogens is 4. The minimum Gasteiger partial charge on any atom is -0.363 e. The van der Waals surface area contributed by atoms with Crippen molar-refractivity contribution in [1.29, 1.82) is 0 Å². The Morgan fingerprint density at radius 2 is 1.94 bits per heavy atom. The third-order valence-electron chi connectivity index (χ3n) is 5.92. The number of nitrogens with one attached hydrogen (secondary N) is 5. The molecular weight excluding hydrogens is 452 g/mol. The van der Waals surface area contributed by atoms with Crippen LogP contribution in [0.4, 0.5) is 26.2 Å². The van der Waals surface area contributed by atoms with Gasteiger partial charge in [-0.15, -0.1) is 0 Å². The third kappa shape index (κ3) is 5.32. The summed E-state index contributed by atoms with van der Waals surface area (Å²) >= 11 is 0. The largest absolute Gasteiger partial charge is 0.363 e. The number of benzene rings is 1. The van der Waals surface area contributed by atoms with Crippen LogP contribution in [0.5, 0.6) is 0 Å². The first-order valence-electron chi connectivity index (χ1n) is 11.4. The molecule has 180 valence electrons. The summed E-state index contributed by atoms with van der Waals surface area (Å²) in [6, 6.07) is 12.4. The van der Waals surface area contributed by atoms with Crippen molar-refractivity contribution in [2.75, 3.05) is 10.6 Å². The summed E-state index contributed by atoms with van der Waals surface area (Å²) in [5.41, 5.74) is 2.70. The van der Waals surface area contributed by atoms with E-state index in [4.69, 9.17) is 0 Å². The van der Waals surface area contributed by atoms with Crippen LogP contribution in [0.2, 0.25) is 0 Å². The predicted molar refractivity (Wildman–Crippen MR) is 128 cm³/mol. The Bertz CT molecular complexity index is 1310. The van der Waals surface area contributed by atoms with Crippen molar-refractivity contribution in [3.63, 3.8) is 0 Å². The summed E-state index contributed by atoms with van der Waals surface area (Å²) in [6.45, 7) is 1.94. The maximum Gasteiger partial charge on any atom is 0.267 e. The molecule has 3 heterocycles. The molecule has 1 aliphatic carbocycles. The number of H-pyrrole nitrogens is 2. The highest BCUT2D eigenvalue weighted by Gasteiger charge is 2.26. The standard InChI is InChI=1S/C25H25F2N7O/c1-14(15-6-8-18(26)9-7-15)30-23-17(13-29-25(35)20-3-2-10-28-20)11-19(27)24(32-23)31-22-12-21(33-34-22)16-4-5-16/h2-3,6-12,14,16,28H,4-5,13H2,1H3,(H,29,35)(H3,30,31,32,33,34)/t14-/m0/s1. The van der Waals surface area contributed by atoms with Crippen molar-refractivity contribution in [3.8, 4) is 0 Å². The van der Waals surface area contributed by atoms with E-state index < -0.39 is 5.82 Å². The molecule has 5 N–H and O–H groups in total. The van der Waals surface area contributed by atoms with E-state index in [9.17, 15) is 9.18 Å². The molecule has 10 heteroatoms. The molecule has 8 nitrogen and oxygen atoms in total. The molecule has 4 aromatic rings. The van der Waals surface area contributed by atoms with E-state index in [1.165, 1.54) is 18.2 Å². The van der Waals surface area contributed by atoms with Crippen LogP contribution in [0.25, 0.3) is 0 Å². The van der Waals surface area contributed by atoms with Crippen LogP contribution in [-0.4, -0.2) is 26.1 Å². The van der Waals surface area contributed by atoms with E-state index in [0.29, 0.717) is 28.8 Å². The average molecular weight is 478 g/mol. The second kappa shape index (κ2) is 9.57. The molecule has 0 saturated heterocycles. The number of hydrogen-bond acceptors (Lipinski definition) is 5. The third-order valence-corrected chi connectivity index (χ3v) is 5.92. The lowest BCUT2D eigenvalue weighted by Gasteiger charge is -2.19. The molecule has 1 aliphatic rings. The Morgan fingerprint density at radius 1 is 1.14 bits per heavy atom. The summed E-state index contributed by atoms with van der Waals surface area (Å²) in [5, 5.41) is 16.2. The van der Waals surface area contributed by atoms with E-state index in [1.54, 1.807) is 30.5 Å². The first-order valence-corrected chi connectivity index (χ1v) is 11.4. The van der Waals surface area contributed by atoms with E-state index in [1.807, 2.05) is 13.0 Å². The Balaban J connectivity index is 1.40. The number of carbonyl (C=O) groups is 1. The van der Waals surface area contributed by atoms with Crippen molar-refractivity contribution in [1.82, 2.24) is 25.5 Å². The zero-order chi connectivity index (χ0) is 24.4. The summed E-state index contributed by atoms with van der Waals surface area (Å²) < 4.78 is 28.4. The highest BCUT2D eigenvalue weighted by Crippen LogP contribution is 2.39. The number of amides is 1. The fourth-order valence-electron chi connectivity index (χ4n) is 3.78. The molecule has 1 aromatic carbocycles. The minimum atomic E-state index is -0.579. The Hall–Kier alpha value is -4.21. The van der Waals surface area contributed by atoms with Gasteiger partial charge in [-0.3, -0.25) is 9.89 Å². The summed E-state index contributed by atoms with van der Waals surface area (Å²) in [6.07, 6.45) is 3.89. The topological polar surface area (TPSA) is 111 Å². The Morgan fingerprint density at radius 3 is 2.66 bits per heavy atom. The molecule has 0 radical (unpaired) electrons. The van der Waals surface area contributed by atoms with Crippen molar-refractivity contribution >= 4 is 23.4 Å². The number of pyridine rings is 1. The van der Waals surface area contributed by atoms with Gasteiger partial charge < -0.3 is 20.9 Å². The summed E-state index contributed by atoms with van der Waals surface area (Å²) in [4.78, 5) is 19.7. The number of aromatic amines is 2. The van der Waals surface area contributed by atoms with Gasteiger partial charge in [-0.1, -0.05) is 12.1 Å². The fourth-order valence-corrected chi connectivity index (χ4v) is 3.78. The average Bonchev–Trinajstić information content (AvgIpc) is 3.34. The van der Waals surface area contributed by atoms with E-state index in [2.05, 4.69) is 36.1 Å². The lowest BCUT2D eigenvalue weighted by Crippen LogP contribution is -2.24. The van der Waals surface area contributed by atoms with Crippen molar-refractivity contribution < 1.29 is 13.6 Å². The number of hydrogen-bond donors (Lipinski definition) is 5. The molecule has 35 heavy (non-hydrogen) atoms. The van der Waals surface area contributed by atoms with Gasteiger partial charge in [-0.25, -0.2) is 13.8 Å². The van der Waals surface area contributed by atoms with E-state index in [0.717, 1.165) is 24.1 Å². The molecule has 5 rings (SSSR count). The Kier molecular flexibility index (Phi) is 6.17. The summed E-state index contributed by atoms with van der Waals surface area (Å²) in [7, 11) is 0. The normalized spacial score (nSPS) is 13.9. The SMILES string of the molecule is C[C@H](Nc1nc(Nc2cc(C3CC3)[nH]n2)c(F)cc1CNC(=O)c1ccc[nH]1)c1ccc(F)cc1. The van der Waals surface area contributed by atoms with E-state index in [-0.39, 0.29) is 30.1 Å². The lowest BCUT2D eigenvalue weighted by molar-refractivity contribution is 0.0946. The van der Waals surface area contributed by atoms with Gasteiger partial charge in [-0.2, -0.15) is 5.10 Å². The van der Waals surface area contributed by atoms with Crippen LogP contribution < -0.4 is 16.0 Å². The van der Waals surface area contributed by atoms with Gasteiger partial charge in [0.15, 0.2) is 17.5 Å². The molecule has 0 spiro atoms. The van der Waals surface area contributed by atoms with Gasteiger partial charge in [-0.05, 0) is 55.7 Å². The van der Waals surface area contributed by atoms with Gasteiger partial charge in [0.1, 0.15) is 17.3 Å². The molecule has 0 unspecified atom stereocenters. The Labute approximate surface area is 200 Å². The van der Waals surface area contributed by atoms with E-state index >= 15 is 4.39 Å². The number of nitrogens with zero attached hydrogens (tertiary/aromatic N) is 2. The van der Waals surface area contributed by atoms with Gasteiger partial charge in [0.25, 0.3) is 5.91 Å². The quantitative estimate of drug-likeness (QED) is 0.229. The molecule has 3 aromatic heterocycles. The van der Waals surface area contributed by atoms with Crippen molar-refractivity contribution in [2.45, 2.75) is 38.3 Å². The summed E-state index contributed by atoms with van der Waals surface area (Å²) in [5.74, 6) is 0.121. The van der Waals surface area contributed by atoms with Crippen LogP contribution >= 0.6 is 0 Å². The molecule has 0 aliphatic heterocycles. The molecule has 0 bridgehead atoms. The highest BCUT2D eigenvalue weighted by atomic mass is 19.1. The first-order chi connectivity index (χ1) is 17.0. The van der Waals surface area contributed by atoms with Crippen molar-refractivity contribution in [2.24, 2.45) is 0 Å².